The Morgan fingerprint density at radius 1 is 0.941 bits per heavy atom. The third kappa shape index (κ3) is 6.01. The van der Waals surface area contributed by atoms with Crippen molar-refractivity contribution in [2.45, 2.75) is 13.8 Å². The summed E-state index contributed by atoms with van der Waals surface area (Å²) in [4.78, 5) is 22.6. The van der Waals surface area contributed by atoms with E-state index in [1.807, 2.05) is 0 Å². The molecule has 0 radical (unpaired) electrons. The third-order valence-electron chi connectivity index (χ3n) is 1.64. The van der Waals surface area contributed by atoms with Gasteiger partial charge in [0.05, 0.1) is 0 Å². The molecule has 17 heavy (non-hydrogen) atoms. The van der Waals surface area contributed by atoms with Gasteiger partial charge in [0.2, 0.25) is 0 Å². The molecule has 0 spiro atoms. The minimum Gasteiger partial charge on any atom is -0.309 e. The smallest absolute Gasteiger partial charge is 0.309 e. The second-order valence-corrected chi connectivity index (χ2v) is 4.71. The van der Waals surface area contributed by atoms with Gasteiger partial charge in [0, 0.05) is 0 Å². The molecular formula is C12H10O2S2Zn. The Bertz CT molecular complexity index is 403. The molecule has 0 aliphatic rings. The fourth-order valence-corrected chi connectivity index (χ4v) is 1.95. The zero-order valence-corrected chi connectivity index (χ0v) is 14.2. The molecule has 84 valence electrons. The molecule has 5 heteroatoms. The number of Topliss-reactive ketones (excluding diaryl/α,β-unsaturated/α-hetero) is 2. The number of ketones is 2. The van der Waals surface area contributed by atoms with Crippen LogP contribution in [0, 0.1) is 10.8 Å². The maximum absolute atomic E-state index is 10.5. The molecule has 0 atom stereocenters. The van der Waals surface area contributed by atoms with Crippen molar-refractivity contribution in [2.24, 2.45) is 0 Å². The molecule has 0 fully saturated rings. The number of thiophene rings is 2. The van der Waals surface area contributed by atoms with E-state index in [9.17, 15) is 9.59 Å². The van der Waals surface area contributed by atoms with Gasteiger partial charge in [-0.2, -0.15) is 24.3 Å². The Hall–Kier alpha value is -0.637. The van der Waals surface area contributed by atoms with Crippen LogP contribution in [0.2, 0.25) is 0 Å². The van der Waals surface area contributed by atoms with Crippen LogP contribution in [0.3, 0.4) is 0 Å². The van der Waals surface area contributed by atoms with E-state index in [0.717, 1.165) is 9.75 Å². The number of carbonyl (C=O) groups excluding carboxylic acids is 2. The van der Waals surface area contributed by atoms with Crippen LogP contribution in [0.4, 0.5) is 0 Å². The van der Waals surface area contributed by atoms with Crippen LogP contribution in [0.1, 0.15) is 33.2 Å². The van der Waals surface area contributed by atoms with Gasteiger partial charge in [0.1, 0.15) is 11.6 Å². The van der Waals surface area contributed by atoms with Crippen LogP contribution >= 0.6 is 22.7 Å². The Balaban J connectivity index is 0.000000284. The second-order valence-electron chi connectivity index (χ2n) is 2.95. The molecule has 0 aromatic carbocycles. The average molecular weight is 316 g/mol. The molecule has 0 saturated heterocycles. The summed E-state index contributed by atoms with van der Waals surface area (Å²) in [5.41, 5.74) is 0. The molecule has 0 saturated carbocycles. The summed E-state index contributed by atoms with van der Waals surface area (Å²) in [7, 11) is 0. The van der Waals surface area contributed by atoms with Gasteiger partial charge in [-0.25, -0.2) is 0 Å². The summed E-state index contributed by atoms with van der Waals surface area (Å²) in [6.45, 7) is 3.11. The van der Waals surface area contributed by atoms with Gasteiger partial charge in [-0.1, -0.05) is 9.75 Å². The molecular weight excluding hydrogens is 306 g/mol. The molecule has 0 bridgehead atoms. The first-order valence-electron chi connectivity index (χ1n) is 4.55. The maximum atomic E-state index is 10.5. The zero-order chi connectivity index (χ0) is 12.0. The van der Waals surface area contributed by atoms with Crippen LogP contribution in [0.25, 0.3) is 0 Å². The number of rotatable bonds is 2. The molecule has 2 rings (SSSR count). The van der Waals surface area contributed by atoms with Crippen molar-refractivity contribution in [1.29, 1.82) is 0 Å². The van der Waals surface area contributed by atoms with Crippen LogP contribution < -0.4 is 0 Å². The topological polar surface area (TPSA) is 34.1 Å². The van der Waals surface area contributed by atoms with Gasteiger partial charge in [-0.15, -0.1) is 10.8 Å². The van der Waals surface area contributed by atoms with Crippen molar-refractivity contribution < 1.29 is 29.1 Å². The minimum absolute atomic E-state index is 0. The van der Waals surface area contributed by atoms with E-state index in [1.54, 1.807) is 38.1 Å². The predicted molar refractivity (Wildman–Crippen MR) is 66.3 cm³/mol. The first-order chi connectivity index (χ1) is 7.61. The maximum Gasteiger partial charge on any atom is 2.00 e. The summed E-state index contributed by atoms with van der Waals surface area (Å²) >= 11 is 2.71. The van der Waals surface area contributed by atoms with Crippen molar-refractivity contribution in [1.82, 2.24) is 0 Å². The molecule has 2 nitrogen and oxygen atoms in total. The van der Waals surface area contributed by atoms with Gasteiger partial charge in [-0.3, -0.25) is 22.7 Å². The van der Waals surface area contributed by atoms with E-state index in [1.165, 1.54) is 22.7 Å². The van der Waals surface area contributed by atoms with Gasteiger partial charge < -0.3 is 9.59 Å². The Morgan fingerprint density at radius 2 is 1.29 bits per heavy atom. The van der Waals surface area contributed by atoms with Crippen LogP contribution in [-0.4, -0.2) is 11.6 Å². The van der Waals surface area contributed by atoms with Gasteiger partial charge in [0.25, 0.3) is 0 Å². The molecule has 0 aliphatic carbocycles. The minimum atomic E-state index is 0. The van der Waals surface area contributed by atoms with Crippen molar-refractivity contribution in [3.05, 3.63) is 44.8 Å². The molecule has 2 aromatic heterocycles. The molecule has 0 amide bonds. The first kappa shape index (κ1) is 16.4. The fraction of sp³-hybridized carbons (Fsp3) is 0.167. The van der Waals surface area contributed by atoms with Crippen molar-refractivity contribution in [3.63, 3.8) is 0 Å². The predicted octanol–water partition coefficient (Wildman–Crippen LogP) is 3.50. The van der Waals surface area contributed by atoms with E-state index in [-0.39, 0.29) is 31.0 Å². The normalized spacial score (nSPS) is 8.59. The summed E-state index contributed by atoms with van der Waals surface area (Å²) in [6, 6.07) is 7.04. The van der Waals surface area contributed by atoms with E-state index >= 15 is 0 Å². The van der Waals surface area contributed by atoms with Crippen LogP contribution in [0.15, 0.2) is 24.3 Å². The van der Waals surface area contributed by atoms with E-state index in [0.29, 0.717) is 0 Å². The Labute approximate surface area is 121 Å². The molecule has 0 aliphatic heterocycles. The summed E-state index contributed by atoms with van der Waals surface area (Å²) < 4.78 is 0. The molecule has 2 aromatic rings. The van der Waals surface area contributed by atoms with Gasteiger partial charge in [0.15, 0.2) is 0 Å². The van der Waals surface area contributed by atoms with Crippen LogP contribution in [0.5, 0.6) is 0 Å². The van der Waals surface area contributed by atoms with Gasteiger partial charge in [-0.05, 0) is 13.8 Å². The van der Waals surface area contributed by atoms with Crippen molar-refractivity contribution in [2.75, 3.05) is 0 Å². The Kier molecular flexibility index (Phi) is 8.14. The zero-order valence-electron chi connectivity index (χ0n) is 9.65. The monoisotopic (exact) mass is 314 g/mol. The fourth-order valence-electron chi connectivity index (χ4n) is 0.861. The van der Waals surface area contributed by atoms with Gasteiger partial charge >= 0.3 is 19.5 Å². The Morgan fingerprint density at radius 3 is 1.41 bits per heavy atom. The first-order valence-corrected chi connectivity index (χ1v) is 6.18. The second kappa shape index (κ2) is 8.45. The number of hydrogen-bond donors (Lipinski definition) is 0. The number of carbonyl (C=O) groups is 2. The summed E-state index contributed by atoms with van der Waals surface area (Å²) in [6.07, 6.45) is 0. The third-order valence-corrected chi connectivity index (χ3v) is 3.43. The van der Waals surface area contributed by atoms with E-state index in [2.05, 4.69) is 10.8 Å². The average Bonchev–Trinajstić information content (AvgIpc) is 2.93. The van der Waals surface area contributed by atoms with E-state index < -0.39 is 0 Å². The molecule has 2 heterocycles. The molecule has 0 unspecified atom stereocenters. The number of hydrogen-bond acceptors (Lipinski definition) is 4. The summed E-state index contributed by atoms with van der Waals surface area (Å²) in [5.74, 6) is 0.243. The summed E-state index contributed by atoms with van der Waals surface area (Å²) in [5, 5.41) is 5.66. The largest absolute Gasteiger partial charge is 2.00 e. The van der Waals surface area contributed by atoms with E-state index in [4.69, 9.17) is 0 Å². The quantitative estimate of drug-likeness (QED) is 0.483. The standard InChI is InChI=1S/2C6H5OS.Zn/c2*1-5(7)6-3-2-4-8-6;/h2*2-3H,1H3;/q2*-1;+2. The van der Waals surface area contributed by atoms with Crippen molar-refractivity contribution >= 4 is 34.2 Å². The molecule has 0 N–H and O–H groups in total. The SMILES string of the molecule is CC(=O)c1cc[c-]s1.CC(=O)c1cc[c-]s1.[Zn+2]. The van der Waals surface area contributed by atoms with Crippen LogP contribution in [-0.2, 0) is 19.5 Å². The van der Waals surface area contributed by atoms with Crippen molar-refractivity contribution in [3.8, 4) is 0 Å².